The number of carbonyl (C=O) groups excluding carboxylic acids is 4. The van der Waals surface area contributed by atoms with Crippen LogP contribution in [0.15, 0.2) is 0 Å². The lowest BCUT2D eigenvalue weighted by Gasteiger charge is -2.60. The maximum Gasteiger partial charge on any atom is 0.306 e. The molecule has 0 spiro atoms. The SMILES string of the molecule is CCCCCCCCCC(CCCCCCCCC)CC(=O)OCC12CCC3(COC(=O)CC(CCCCCCCCC)CCCCCCCCC)CC(COC(=O)CCCN(CC)CC)(C1)CC(COC(=O)CC(CCCCCCCCC)CCCCCCCCC)(C2)C3. The Labute approximate surface area is 590 Å². The molecule has 9 nitrogen and oxygen atoms in total. The van der Waals surface area contributed by atoms with Gasteiger partial charge >= 0.3 is 23.9 Å². The molecular weight excluding hydrogens is 1170 g/mol. The largest absolute Gasteiger partial charge is 0.465 e. The molecule has 2 unspecified atom stereocenters. The Hall–Kier alpha value is -2.16. The highest BCUT2D eigenvalue weighted by molar-refractivity contribution is 5.71. The molecule has 558 valence electrons. The molecule has 4 rings (SSSR count). The Morgan fingerprint density at radius 2 is 0.484 bits per heavy atom. The summed E-state index contributed by atoms with van der Waals surface area (Å²) in [6.45, 7) is 22.1. The van der Waals surface area contributed by atoms with E-state index in [2.05, 4.69) is 60.3 Å². The number of rotatable bonds is 68. The van der Waals surface area contributed by atoms with Gasteiger partial charge in [-0.05, 0) is 127 Å². The quantitative estimate of drug-likeness (QED) is 0.0334. The predicted octanol–water partition coefficient (Wildman–Crippen LogP) is 25.9. The van der Waals surface area contributed by atoms with Gasteiger partial charge in [-0.1, -0.05) is 325 Å². The average molecular weight is 1340 g/mol. The van der Waals surface area contributed by atoms with Crippen molar-refractivity contribution < 1.29 is 38.1 Å². The average Bonchev–Trinajstić information content (AvgIpc) is 1.63. The van der Waals surface area contributed by atoms with Crippen molar-refractivity contribution in [2.24, 2.45) is 39.4 Å². The van der Waals surface area contributed by atoms with Gasteiger partial charge in [0.2, 0.25) is 0 Å². The van der Waals surface area contributed by atoms with Crippen LogP contribution in [0.1, 0.15) is 441 Å². The molecule has 0 amide bonds. The van der Waals surface area contributed by atoms with E-state index in [0.29, 0.717) is 63.3 Å². The first-order chi connectivity index (χ1) is 46.3. The molecule has 4 fully saturated rings. The molecule has 0 aliphatic heterocycles. The standard InChI is InChI=1S/C86H161NO8/c1-9-17-23-29-35-41-47-54-76(55-48-42-36-30-24-18-10-2)64-80(89)93-72-83-61-62-84(73-94-81(90)65-77(56-49-43-37-31-25-19-11-3)57-50-44-38-32-26-20-12-4)68-85(67-83,74-92-79(88)60-53-63-87(15-7)16-8)71-86(69-83,70-84)75-95-82(91)66-78(58-51-45-39-33-27-21-13-5)59-52-46-40-34-28-22-14-6/h76-78H,9-75H2,1-8H3. The predicted molar refractivity (Wildman–Crippen MR) is 403 cm³/mol. The second kappa shape index (κ2) is 55.5. The van der Waals surface area contributed by atoms with Crippen molar-refractivity contribution in [1.29, 1.82) is 0 Å². The molecule has 0 aromatic carbocycles. The van der Waals surface area contributed by atoms with Crippen molar-refractivity contribution in [3.05, 3.63) is 0 Å². The zero-order valence-corrected chi connectivity index (χ0v) is 64.8. The number of esters is 4. The molecule has 0 radical (unpaired) electrons. The summed E-state index contributed by atoms with van der Waals surface area (Å²) < 4.78 is 26.9. The van der Waals surface area contributed by atoms with Crippen LogP contribution in [0.2, 0.25) is 0 Å². The summed E-state index contributed by atoms with van der Waals surface area (Å²) in [4.78, 5) is 60.3. The normalized spacial score (nSPS) is 20.0. The van der Waals surface area contributed by atoms with E-state index in [-0.39, 0.29) is 41.3 Å². The van der Waals surface area contributed by atoms with Crippen LogP contribution in [-0.4, -0.2) is 74.8 Å². The van der Waals surface area contributed by atoms with Gasteiger partial charge in [0.25, 0.3) is 0 Å². The van der Waals surface area contributed by atoms with Gasteiger partial charge in [-0.15, -0.1) is 0 Å². The molecular formula is C86H161NO8. The number of fused-ring (bicyclic) bond motifs is 1. The Kier molecular flexibility index (Phi) is 50.9. The number of hydrogen-bond donors (Lipinski definition) is 0. The number of nitrogens with zero attached hydrogens (tertiary/aromatic N) is 1. The fourth-order valence-electron chi connectivity index (χ4n) is 18.3. The van der Waals surface area contributed by atoms with Crippen molar-refractivity contribution in [3.8, 4) is 0 Å². The van der Waals surface area contributed by atoms with E-state index in [1.54, 1.807) is 0 Å². The number of ether oxygens (including phenoxy) is 4. The fraction of sp³-hybridized carbons (Fsp3) is 0.953. The third-order valence-electron chi connectivity index (χ3n) is 23.5. The van der Waals surface area contributed by atoms with Crippen molar-refractivity contribution in [2.75, 3.05) is 46.1 Å². The van der Waals surface area contributed by atoms with Crippen LogP contribution in [0, 0.1) is 39.4 Å². The fourth-order valence-corrected chi connectivity index (χ4v) is 18.3. The van der Waals surface area contributed by atoms with Gasteiger partial charge in [0.15, 0.2) is 0 Å². The minimum atomic E-state index is -0.448. The highest BCUT2D eigenvalue weighted by Gasteiger charge is 2.66. The van der Waals surface area contributed by atoms with E-state index in [4.69, 9.17) is 18.9 Å². The highest BCUT2D eigenvalue weighted by Crippen LogP contribution is 2.71. The summed E-state index contributed by atoms with van der Waals surface area (Å²) >= 11 is 0. The minimum absolute atomic E-state index is 0.0673. The second-order valence-corrected chi connectivity index (χ2v) is 32.8. The van der Waals surface area contributed by atoms with Crippen LogP contribution >= 0.6 is 0 Å². The Bertz CT molecular complexity index is 1730. The van der Waals surface area contributed by atoms with Gasteiger partial charge in [0.1, 0.15) is 0 Å². The lowest BCUT2D eigenvalue weighted by atomic mass is 9.46. The first-order valence-corrected chi connectivity index (χ1v) is 42.6. The lowest BCUT2D eigenvalue weighted by Crippen LogP contribution is -2.56. The highest BCUT2D eigenvalue weighted by atomic mass is 16.5. The molecule has 4 bridgehead atoms. The summed E-state index contributed by atoms with van der Waals surface area (Å²) in [5, 5.41) is 0. The maximum atomic E-state index is 14.7. The summed E-state index contributed by atoms with van der Waals surface area (Å²) in [5.41, 5.74) is -1.67. The summed E-state index contributed by atoms with van der Waals surface area (Å²) in [6.07, 6.45) is 67.9. The molecule has 4 saturated carbocycles. The van der Waals surface area contributed by atoms with Crippen LogP contribution in [0.5, 0.6) is 0 Å². The van der Waals surface area contributed by atoms with E-state index < -0.39 is 10.8 Å². The summed E-state index contributed by atoms with van der Waals surface area (Å²) in [5.74, 6) is 0.611. The van der Waals surface area contributed by atoms with Crippen LogP contribution in [0.3, 0.4) is 0 Å². The third-order valence-corrected chi connectivity index (χ3v) is 23.5. The molecule has 9 heteroatoms. The van der Waals surface area contributed by atoms with Crippen LogP contribution in [-0.2, 0) is 38.1 Å². The number of carbonyl (C=O) groups is 4. The number of hydrogen-bond acceptors (Lipinski definition) is 9. The van der Waals surface area contributed by atoms with Crippen molar-refractivity contribution >= 4 is 23.9 Å². The van der Waals surface area contributed by atoms with Crippen LogP contribution in [0.25, 0.3) is 0 Å². The Balaban J connectivity index is 2.01. The number of unbranched alkanes of at least 4 members (excludes halogenated alkanes) is 36. The molecule has 4 aliphatic rings. The van der Waals surface area contributed by atoms with E-state index in [9.17, 15) is 19.2 Å². The van der Waals surface area contributed by atoms with E-state index in [0.717, 1.165) is 110 Å². The maximum absolute atomic E-state index is 14.7. The Morgan fingerprint density at radius 3 is 0.726 bits per heavy atom. The van der Waals surface area contributed by atoms with E-state index in [1.165, 1.54) is 270 Å². The van der Waals surface area contributed by atoms with Gasteiger partial charge in [-0.2, -0.15) is 0 Å². The molecule has 0 N–H and O–H groups in total. The van der Waals surface area contributed by atoms with Gasteiger partial charge in [0.05, 0.1) is 26.4 Å². The minimum Gasteiger partial charge on any atom is -0.465 e. The zero-order valence-electron chi connectivity index (χ0n) is 64.8. The van der Waals surface area contributed by atoms with Crippen LogP contribution in [0.4, 0.5) is 0 Å². The van der Waals surface area contributed by atoms with Gasteiger partial charge < -0.3 is 23.8 Å². The lowest BCUT2D eigenvalue weighted by molar-refractivity contribution is -0.187. The van der Waals surface area contributed by atoms with Crippen molar-refractivity contribution in [2.45, 2.75) is 441 Å². The van der Waals surface area contributed by atoms with E-state index >= 15 is 0 Å². The monoisotopic (exact) mass is 1340 g/mol. The molecule has 4 aliphatic carbocycles. The van der Waals surface area contributed by atoms with Crippen molar-refractivity contribution in [3.63, 3.8) is 0 Å². The molecule has 2 atom stereocenters. The molecule has 0 heterocycles. The molecule has 0 saturated heterocycles. The molecule has 95 heavy (non-hydrogen) atoms. The smallest absolute Gasteiger partial charge is 0.306 e. The zero-order chi connectivity index (χ0) is 68.8. The molecule has 0 aromatic heterocycles. The topological polar surface area (TPSA) is 108 Å². The summed E-state index contributed by atoms with van der Waals surface area (Å²) in [6, 6.07) is 0. The Morgan fingerprint density at radius 1 is 0.274 bits per heavy atom. The van der Waals surface area contributed by atoms with Gasteiger partial charge in [-0.25, -0.2) is 0 Å². The van der Waals surface area contributed by atoms with Crippen molar-refractivity contribution in [1.82, 2.24) is 4.90 Å². The first kappa shape index (κ1) is 87.1. The molecule has 0 aromatic rings. The van der Waals surface area contributed by atoms with Gasteiger partial charge in [-0.3, -0.25) is 19.2 Å². The first-order valence-electron chi connectivity index (χ1n) is 42.6. The summed E-state index contributed by atoms with van der Waals surface area (Å²) in [7, 11) is 0. The third kappa shape index (κ3) is 40.8. The second-order valence-electron chi connectivity index (χ2n) is 32.8. The van der Waals surface area contributed by atoms with Gasteiger partial charge in [0, 0.05) is 47.3 Å². The van der Waals surface area contributed by atoms with Crippen LogP contribution < -0.4 is 0 Å². The van der Waals surface area contributed by atoms with E-state index in [1.807, 2.05) is 0 Å².